The molecule has 5 heteroatoms. The van der Waals surface area contributed by atoms with E-state index in [1.807, 2.05) is 35.9 Å². The van der Waals surface area contributed by atoms with Gasteiger partial charge < -0.3 is 9.88 Å². The fraction of sp³-hybridized carbons (Fsp3) is 0.167. The van der Waals surface area contributed by atoms with Crippen LogP contribution < -0.4 is 5.32 Å². The fourth-order valence-corrected chi connectivity index (χ4v) is 1.80. The number of imidazole rings is 1. The molecule has 0 spiro atoms. The van der Waals surface area contributed by atoms with Crippen molar-refractivity contribution < 1.29 is 0 Å². The summed E-state index contributed by atoms with van der Waals surface area (Å²) in [5, 5.41) is 12.3. The van der Waals surface area contributed by atoms with Gasteiger partial charge in [-0.25, -0.2) is 4.98 Å². The molecule has 0 fully saturated rings. The number of nitrogens with one attached hydrogen (secondary N) is 1. The highest BCUT2D eigenvalue weighted by Gasteiger charge is 2.13. The minimum absolute atomic E-state index is 0.399. The molecule has 1 heterocycles. The Balaban J connectivity index is 2.19. The number of benzene rings is 1. The molecule has 0 radical (unpaired) electrons. The number of aryl methyl sites for hydroxylation is 1. The van der Waals surface area contributed by atoms with Gasteiger partial charge in [0.05, 0.1) is 24.3 Å². The average molecular weight is 291 g/mol. The first-order chi connectivity index (χ1) is 8.20. The van der Waals surface area contributed by atoms with Gasteiger partial charge >= 0.3 is 0 Å². The number of nitrogens with zero attached hydrogens (tertiary/aromatic N) is 3. The summed E-state index contributed by atoms with van der Waals surface area (Å²) in [6.07, 6.45) is 3.38. The number of nitriles is 1. The topological polar surface area (TPSA) is 53.6 Å². The molecule has 1 aromatic heterocycles. The van der Waals surface area contributed by atoms with Gasteiger partial charge in [-0.05, 0) is 24.3 Å². The SMILES string of the molecule is Cn1cncc1C(C#N)Nc1ccc(Br)cc1. The number of hydrogen-bond donors (Lipinski definition) is 1. The first-order valence-electron chi connectivity index (χ1n) is 5.08. The third-order valence-electron chi connectivity index (χ3n) is 2.43. The second-order valence-electron chi connectivity index (χ2n) is 3.64. The van der Waals surface area contributed by atoms with Crippen LogP contribution in [0.3, 0.4) is 0 Å². The molecule has 0 bridgehead atoms. The van der Waals surface area contributed by atoms with E-state index in [0.29, 0.717) is 0 Å². The molecule has 17 heavy (non-hydrogen) atoms. The van der Waals surface area contributed by atoms with Crippen LogP contribution in [0.1, 0.15) is 11.7 Å². The van der Waals surface area contributed by atoms with Gasteiger partial charge in [0, 0.05) is 17.2 Å². The van der Waals surface area contributed by atoms with Crippen LogP contribution >= 0.6 is 15.9 Å². The molecule has 2 aromatic rings. The van der Waals surface area contributed by atoms with Gasteiger partial charge in [0.1, 0.15) is 0 Å². The Kier molecular flexibility index (Phi) is 3.45. The monoisotopic (exact) mass is 290 g/mol. The zero-order valence-electron chi connectivity index (χ0n) is 9.26. The van der Waals surface area contributed by atoms with Crippen molar-refractivity contribution in [1.29, 1.82) is 5.26 Å². The van der Waals surface area contributed by atoms with E-state index in [9.17, 15) is 5.26 Å². The summed E-state index contributed by atoms with van der Waals surface area (Å²) in [6, 6.07) is 9.53. The molecular formula is C12H11BrN4. The quantitative estimate of drug-likeness (QED) is 0.946. The maximum absolute atomic E-state index is 9.18. The largest absolute Gasteiger partial charge is 0.365 e. The predicted molar refractivity (Wildman–Crippen MR) is 69.3 cm³/mol. The fourth-order valence-electron chi connectivity index (χ4n) is 1.53. The Bertz CT molecular complexity index is 538. The standard InChI is InChI=1S/C12H11BrN4/c1-17-8-15-7-12(17)11(6-14)16-10-4-2-9(13)3-5-10/h2-5,7-8,11,16H,1H3. The summed E-state index contributed by atoms with van der Waals surface area (Å²) in [6.45, 7) is 0. The van der Waals surface area contributed by atoms with Crippen LogP contribution in [0, 0.1) is 11.3 Å². The van der Waals surface area contributed by atoms with Gasteiger partial charge in [-0.2, -0.15) is 5.26 Å². The van der Waals surface area contributed by atoms with Gasteiger partial charge in [0.2, 0.25) is 0 Å². The van der Waals surface area contributed by atoms with Gasteiger partial charge in [-0.15, -0.1) is 0 Å². The molecular weight excluding hydrogens is 280 g/mol. The van der Waals surface area contributed by atoms with Gasteiger partial charge in [0.25, 0.3) is 0 Å². The molecule has 4 nitrogen and oxygen atoms in total. The molecule has 0 aliphatic rings. The van der Waals surface area contributed by atoms with E-state index in [-0.39, 0.29) is 0 Å². The summed E-state index contributed by atoms with van der Waals surface area (Å²) in [4.78, 5) is 4.01. The third-order valence-corrected chi connectivity index (χ3v) is 2.96. The maximum atomic E-state index is 9.18. The van der Waals surface area contributed by atoms with E-state index in [2.05, 4.69) is 32.3 Å². The molecule has 2 rings (SSSR count). The van der Waals surface area contributed by atoms with Crippen LogP contribution in [0.4, 0.5) is 5.69 Å². The van der Waals surface area contributed by atoms with Crippen molar-refractivity contribution in [3.05, 3.63) is 47.0 Å². The number of aromatic nitrogens is 2. The number of rotatable bonds is 3. The Morgan fingerprint density at radius 2 is 2.12 bits per heavy atom. The van der Waals surface area contributed by atoms with E-state index >= 15 is 0 Å². The lowest BCUT2D eigenvalue weighted by molar-refractivity contribution is 0.799. The Labute approximate surface area is 108 Å². The second-order valence-corrected chi connectivity index (χ2v) is 4.56. The molecule has 1 N–H and O–H groups in total. The van der Waals surface area contributed by atoms with Crippen LogP contribution in [0.2, 0.25) is 0 Å². The molecule has 1 atom stereocenters. The molecule has 1 unspecified atom stereocenters. The van der Waals surface area contributed by atoms with E-state index in [0.717, 1.165) is 15.9 Å². The number of hydrogen-bond acceptors (Lipinski definition) is 3. The first-order valence-corrected chi connectivity index (χ1v) is 5.88. The highest BCUT2D eigenvalue weighted by atomic mass is 79.9. The summed E-state index contributed by atoms with van der Waals surface area (Å²) in [5.74, 6) is 0. The van der Waals surface area contributed by atoms with E-state index < -0.39 is 6.04 Å². The Hall–Kier alpha value is -1.80. The normalized spacial score (nSPS) is 11.8. The molecule has 0 saturated carbocycles. The zero-order valence-corrected chi connectivity index (χ0v) is 10.8. The minimum atomic E-state index is -0.399. The number of halogens is 1. The smallest absolute Gasteiger partial charge is 0.156 e. The van der Waals surface area contributed by atoms with Crippen molar-refractivity contribution in [3.63, 3.8) is 0 Å². The van der Waals surface area contributed by atoms with Crippen molar-refractivity contribution in [3.8, 4) is 6.07 Å². The van der Waals surface area contributed by atoms with Crippen LogP contribution in [0.15, 0.2) is 41.3 Å². The average Bonchev–Trinajstić information content (AvgIpc) is 2.75. The Morgan fingerprint density at radius 1 is 1.41 bits per heavy atom. The summed E-state index contributed by atoms with van der Waals surface area (Å²) < 4.78 is 2.84. The lowest BCUT2D eigenvalue weighted by atomic mass is 10.2. The van der Waals surface area contributed by atoms with Crippen molar-refractivity contribution in [2.24, 2.45) is 7.05 Å². The molecule has 0 saturated heterocycles. The van der Waals surface area contributed by atoms with Crippen LogP contribution in [-0.2, 0) is 7.05 Å². The lowest BCUT2D eigenvalue weighted by Crippen LogP contribution is -2.11. The zero-order chi connectivity index (χ0) is 12.3. The van der Waals surface area contributed by atoms with E-state index in [4.69, 9.17) is 0 Å². The van der Waals surface area contributed by atoms with E-state index in [1.165, 1.54) is 0 Å². The van der Waals surface area contributed by atoms with Crippen LogP contribution in [-0.4, -0.2) is 9.55 Å². The first kappa shape index (κ1) is 11.7. The van der Waals surface area contributed by atoms with Crippen molar-refractivity contribution >= 4 is 21.6 Å². The van der Waals surface area contributed by atoms with E-state index in [1.54, 1.807) is 12.5 Å². The van der Waals surface area contributed by atoms with Crippen molar-refractivity contribution in [2.75, 3.05) is 5.32 Å². The van der Waals surface area contributed by atoms with Gasteiger partial charge in [-0.1, -0.05) is 15.9 Å². The molecule has 1 aromatic carbocycles. The number of anilines is 1. The van der Waals surface area contributed by atoms with Crippen molar-refractivity contribution in [1.82, 2.24) is 9.55 Å². The molecule has 0 aliphatic carbocycles. The lowest BCUT2D eigenvalue weighted by Gasteiger charge is -2.13. The summed E-state index contributed by atoms with van der Waals surface area (Å²) in [7, 11) is 1.87. The van der Waals surface area contributed by atoms with Gasteiger partial charge in [0.15, 0.2) is 6.04 Å². The Morgan fingerprint density at radius 3 is 2.65 bits per heavy atom. The highest BCUT2D eigenvalue weighted by Crippen LogP contribution is 2.20. The van der Waals surface area contributed by atoms with Crippen molar-refractivity contribution in [2.45, 2.75) is 6.04 Å². The summed E-state index contributed by atoms with van der Waals surface area (Å²) >= 11 is 3.37. The minimum Gasteiger partial charge on any atom is -0.365 e. The second kappa shape index (κ2) is 5.02. The summed E-state index contributed by atoms with van der Waals surface area (Å²) in [5.41, 5.74) is 1.75. The molecule has 86 valence electrons. The molecule has 0 amide bonds. The maximum Gasteiger partial charge on any atom is 0.156 e. The highest BCUT2D eigenvalue weighted by molar-refractivity contribution is 9.10. The third kappa shape index (κ3) is 2.66. The van der Waals surface area contributed by atoms with Crippen LogP contribution in [0.5, 0.6) is 0 Å². The molecule has 0 aliphatic heterocycles. The van der Waals surface area contributed by atoms with Crippen LogP contribution in [0.25, 0.3) is 0 Å². The predicted octanol–water partition coefficient (Wildman–Crippen LogP) is 2.86. The van der Waals surface area contributed by atoms with Gasteiger partial charge in [-0.3, -0.25) is 0 Å².